The van der Waals surface area contributed by atoms with Gasteiger partial charge in [0.1, 0.15) is 11.3 Å². The highest BCUT2D eigenvalue weighted by Crippen LogP contribution is 2.35. The molecule has 3 aromatic carbocycles. The molecule has 0 unspecified atom stereocenters. The average molecular weight is 522 g/mol. The minimum atomic E-state index is -1.26. The number of carbonyl (C=O) groups is 2. The minimum absolute atomic E-state index is 0.0467. The molecule has 2 heterocycles. The zero-order chi connectivity index (χ0) is 27.7. The largest absolute Gasteiger partial charge is 0.475 e. The van der Waals surface area contributed by atoms with Crippen LogP contribution in [-0.2, 0) is 11.8 Å². The van der Waals surface area contributed by atoms with E-state index in [1.54, 1.807) is 29.1 Å². The number of aromatic nitrogens is 2. The Bertz CT molecular complexity index is 1650. The second-order valence-corrected chi connectivity index (χ2v) is 10.7. The number of hydrogen-bond acceptors (Lipinski definition) is 4. The first kappa shape index (κ1) is 26.0. The second kappa shape index (κ2) is 10.3. The Morgan fingerprint density at radius 1 is 0.974 bits per heavy atom. The number of carboxylic acid groups (broad SMARTS) is 1. The van der Waals surface area contributed by atoms with Gasteiger partial charge in [0.15, 0.2) is 0 Å². The van der Waals surface area contributed by atoms with Crippen LogP contribution in [0, 0.1) is 0 Å². The van der Waals surface area contributed by atoms with E-state index in [0.29, 0.717) is 16.5 Å². The van der Waals surface area contributed by atoms with Crippen molar-refractivity contribution in [2.24, 2.45) is 0 Å². The van der Waals surface area contributed by atoms with Crippen LogP contribution in [0.2, 0.25) is 0 Å². The number of amides is 1. The van der Waals surface area contributed by atoms with Crippen LogP contribution in [-0.4, -0.2) is 26.8 Å². The molecule has 5 aromatic rings. The maximum absolute atomic E-state index is 13.1. The summed E-state index contributed by atoms with van der Waals surface area (Å²) in [5.74, 6) is -1.99. The summed E-state index contributed by atoms with van der Waals surface area (Å²) >= 11 is 0. The summed E-state index contributed by atoms with van der Waals surface area (Å²) in [6, 6.07) is 21.0. The number of aromatic carboxylic acids is 1. The summed E-state index contributed by atoms with van der Waals surface area (Å²) in [5, 5.41) is 17.6. The summed E-state index contributed by atoms with van der Waals surface area (Å²) in [6.07, 6.45) is 5.81. The highest BCUT2D eigenvalue weighted by Gasteiger charge is 2.23. The zero-order valence-electron chi connectivity index (χ0n) is 22.5. The molecule has 0 atom stereocenters. The fraction of sp³-hybridized carbons (Fsp3) is 0.219. The molecule has 0 fully saturated rings. The summed E-state index contributed by atoms with van der Waals surface area (Å²) < 4.78 is 7.43. The van der Waals surface area contributed by atoms with Gasteiger partial charge in [-0.2, -0.15) is 5.10 Å². The first-order valence-corrected chi connectivity index (χ1v) is 13.0. The van der Waals surface area contributed by atoms with Crippen molar-refractivity contribution in [3.63, 3.8) is 0 Å². The zero-order valence-corrected chi connectivity index (χ0v) is 22.5. The Balaban J connectivity index is 1.46. The van der Waals surface area contributed by atoms with Gasteiger partial charge in [0.2, 0.25) is 5.76 Å². The number of nitrogens with zero attached hydrogens (tertiary/aromatic N) is 2. The van der Waals surface area contributed by atoms with Gasteiger partial charge in [-0.1, -0.05) is 64.4 Å². The SMILES string of the molecule is CCCc1ccc(-n2cc(-c3ccc4oc(C(=O)O)c(NC(=O)c5ccc(C(C)(C)C)cc5)c4c3)cn2)cc1. The Kier molecular flexibility index (Phi) is 6.83. The highest BCUT2D eigenvalue weighted by atomic mass is 16.4. The number of furan rings is 1. The monoisotopic (exact) mass is 521 g/mol. The van der Waals surface area contributed by atoms with Crippen molar-refractivity contribution in [2.45, 2.75) is 46.0 Å². The molecule has 1 amide bonds. The van der Waals surface area contributed by atoms with Crippen LogP contribution in [0.25, 0.3) is 27.8 Å². The van der Waals surface area contributed by atoms with Gasteiger partial charge in [0, 0.05) is 22.7 Å². The fourth-order valence-electron chi connectivity index (χ4n) is 4.58. The molecule has 5 rings (SSSR count). The fourth-order valence-corrected chi connectivity index (χ4v) is 4.58. The van der Waals surface area contributed by atoms with Crippen LogP contribution in [0.5, 0.6) is 0 Å². The van der Waals surface area contributed by atoms with Crippen molar-refractivity contribution >= 4 is 28.5 Å². The predicted octanol–water partition coefficient (Wildman–Crippen LogP) is 7.49. The van der Waals surface area contributed by atoms with Crippen molar-refractivity contribution in [3.05, 3.63) is 102 Å². The third-order valence-corrected chi connectivity index (χ3v) is 6.79. The first-order valence-electron chi connectivity index (χ1n) is 13.0. The molecular weight excluding hydrogens is 490 g/mol. The lowest BCUT2D eigenvalue weighted by Crippen LogP contribution is -2.15. The number of carbonyl (C=O) groups excluding carboxylic acids is 1. The maximum Gasteiger partial charge on any atom is 0.374 e. The molecule has 198 valence electrons. The van der Waals surface area contributed by atoms with E-state index < -0.39 is 11.9 Å². The maximum atomic E-state index is 13.1. The summed E-state index contributed by atoms with van der Waals surface area (Å²) in [4.78, 5) is 25.1. The molecule has 2 aromatic heterocycles. The normalized spacial score (nSPS) is 11.6. The minimum Gasteiger partial charge on any atom is -0.475 e. The van der Waals surface area contributed by atoms with Gasteiger partial charge in [-0.3, -0.25) is 4.79 Å². The molecule has 7 nitrogen and oxygen atoms in total. The summed E-state index contributed by atoms with van der Waals surface area (Å²) in [7, 11) is 0. The van der Waals surface area contributed by atoms with E-state index in [0.717, 1.165) is 35.2 Å². The van der Waals surface area contributed by atoms with Gasteiger partial charge in [-0.25, -0.2) is 9.48 Å². The van der Waals surface area contributed by atoms with E-state index in [2.05, 4.69) is 50.2 Å². The molecule has 2 N–H and O–H groups in total. The van der Waals surface area contributed by atoms with Crippen molar-refractivity contribution < 1.29 is 19.1 Å². The molecule has 0 aliphatic heterocycles. The molecule has 0 saturated carbocycles. The average Bonchev–Trinajstić information content (AvgIpc) is 3.54. The molecule has 39 heavy (non-hydrogen) atoms. The lowest BCUT2D eigenvalue weighted by atomic mass is 9.87. The van der Waals surface area contributed by atoms with Crippen molar-refractivity contribution in [3.8, 4) is 16.8 Å². The van der Waals surface area contributed by atoms with E-state index >= 15 is 0 Å². The molecular formula is C32H31N3O4. The molecule has 0 spiro atoms. The van der Waals surface area contributed by atoms with Gasteiger partial charge < -0.3 is 14.8 Å². The van der Waals surface area contributed by atoms with E-state index in [9.17, 15) is 14.7 Å². The second-order valence-electron chi connectivity index (χ2n) is 10.7. The van der Waals surface area contributed by atoms with E-state index in [-0.39, 0.29) is 16.9 Å². The van der Waals surface area contributed by atoms with Gasteiger partial charge in [-0.15, -0.1) is 0 Å². The van der Waals surface area contributed by atoms with Crippen molar-refractivity contribution in [1.29, 1.82) is 0 Å². The molecule has 0 aliphatic carbocycles. The number of aryl methyl sites for hydroxylation is 1. The molecule has 0 bridgehead atoms. The third kappa shape index (κ3) is 5.34. The topological polar surface area (TPSA) is 97.4 Å². The van der Waals surface area contributed by atoms with Crippen LogP contribution >= 0.6 is 0 Å². The molecule has 0 saturated heterocycles. The smallest absolute Gasteiger partial charge is 0.374 e. The number of benzene rings is 3. The highest BCUT2D eigenvalue weighted by molar-refractivity contribution is 6.13. The predicted molar refractivity (Wildman–Crippen MR) is 153 cm³/mol. The van der Waals surface area contributed by atoms with Crippen LogP contribution < -0.4 is 5.32 Å². The first-order chi connectivity index (χ1) is 18.6. The van der Waals surface area contributed by atoms with Gasteiger partial charge >= 0.3 is 5.97 Å². The summed E-state index contributed by atoms with van der Waals surface area (Å²) in [6.45, 7) is 8.46. The standard InChI is InChI=1S/C32H31N3O4/c1-5-6-20-7-14-25(15-8-20)35-19-23(18-33-35)22-11-16-27-26(17-22)28(29(39-27)31(37)38)34-30(36)21-9-12-24(13-10-21)32(2,3)4/h7-19H,5-6H2,1-4H3,(H,34,36)(H,37,38). The number of anilines is 1. The van der Waals surface area contributed by atoms with Gasteiger partial charge in [0.25, 0.3) is 5.91 Å². The molecule has 0 radical (unpaired) electrons. The number of rotatable bonds is 7. The van der Waals surface area contributed by atoms with Crippen LogP contribution in [0.15, 0.2) is 83.5 Å². The number of hydrogen-bond donors (Lipinski definition) is 2. The van der Waals surface area contributed by atoms with Gasteiger partial charge in [-0.05, 0) is 64.9 Å². The van der Waals surface area contributed by atoms with Crippen molar-refractivity contribution in [2.75, 3.05) is 5.32 Å². The molecule has 0 aliphatic rings. The van der Waals surface area contributed by atoms with Gasteiger partial charge in [0.05, 0.1) is 11.9 Å². The quantitative estimate of drug-likeness (QED) is 0.231. The van der Waals surface area contributed by atoms with E-state index in [4.69, 9.17) is 4.42 Å². The van der Waals surface area contributed by atoms with Crippen LogP contribution in [0.4, 0.5) is 5.69 Å². The Labute approximate surface area is 227 Å². The third-order valence-electron chi connectivity index (χ3n) is 6.79. The lowest BCUT2D eigenvalue weighted by molar-refractivity contribution is 0.0666. The number of carboxylic acids is 1. The Morgan fingerprint density at radius 2 is 1.69 bits per heavy atom. The number of nitrogens with one attached hydrogen (secondary N) is 1. The van der Waals surface area contributed by atoms with E-state index in [1.807, 2.05) is 42.6 Å². The molecule has 7 heteroatoms. The lowest BCUT2D eigenvalue weighted by Gasteiger charge is -2.19. The Morgan fingerprint density at radius 3 is 2.33 bits per heavy atom. The van der Waals surface area contributed by atoms with Crippen LogP contribution in [0.1, 0.15) is 66.2 Å². The van der Waals surface area contributed by atoms with E-state index in [1.165, 1.54) is 5.56 Å². The van der Waals surface area contributed by atoms with Crippen LogP contribution in [0.3, 0.4) is 0 Å². The summed E-state index contributed by atoms with van der Waals surface area (Å²) in [5.41, 5.74) is 5.88. The number of fused-ring (bicyclic) bond motifs is 1. The Hall–Kier alpha value is -4.65. The van der Waals surface area contributed by atoms with Crippen molar-refractivity contribution in [1.82, 2.24) is 9.78 Å².